The topological polar surface area (TPSA) is 52.7 Å². The zero-order valence-corrected chi connectivity index (χ0v) is 17.0. The van der Waals surface area contributed by atoms with E-state index < -0.39 is 26.7 Å². The average molecular weight is 444 g/mol. The fourth-order valence-corrected chi connectivity index (χ4v) is 4.97. The molecule has 2 aromatic rings. The maximum Gasteiger partial charge on any atom is 0.417 e. The van der Waals surface area contributed by atoms with Gasteiger partial charge >= 0.3 is 6.18 Å². The van der Waals surface area contributed by atoms with Crippen molar-refractivity contribution in [2.24, 2.45) is 0 Å². The molecule has 156 valence electrons. The Morgan fingerprint density at radius 1 is 0.966 bits per heavy atom. The SMILES string of the molecule is O=S(=O)(c1ccccc1C(F)(F)F)N1CCN(C(=S)NCc2ccccc2)CC1. The van der Waals surface area contributed by atoms with E-state index in [4.69, 9.17) is 12.2 Å². The van der Waals surface area contributed by atoms with E-state index in [-0.39, 0.29) is 13.1 Å². The summed E-state index contributed by atoms with van der Waals surface area (Å²) in [6.45, 7) is 1.25. The Balaban J connectivity index is 1.64. The Labute approximate surface area is 173 Å². The van der Waals surface area contributed by atoms with Crippen molar-refractivity contribution in [1.82, 2.24) is 14.5 Å². The predicted octanol–water partition coefficient (Wildman–Crippen LogP) is 3.09. The van der Waals surface area contributed by atoms with E-state index in [2.05, 4.69) is 5.32 Å². The molecule has 0 aromatic heterocycles. The largest absolute Gasteiger partial charge is 0.417 e. The molecule has 0 saturated carbocycles. The number of halogens is 3. The number of piperazine rings is 1. The zero-order valence-electron chi connectivity index (χ0n) is 15.4. The third-order valence-electron chi connectivity index (χ3n) is 4.62. The summed E-state index contributed by atoms with van der Waals surface area (Å²) >= 11 is 5.37. The van der Waals surface area contributed by atoms with Crippen LogP contribution in [0.25, 0.3) is 0 Å². The van der Waals surface area contributed by atoms with E-state index in [0.717, 1.165) is 22.0 Å². The van der Waals surface area contributed by atoms with E-state index in [1.165, 1.54) is 12.1 Å². The van der Waals surface area contributed by atoms with Gasteiger partial charge in [-0.05, 0) is 29.9 Å². The predicted molar refractivity (Wildman–Crippen MR) is 108 cm³/mol. The molecule has 1 fully saturated rings. The highest BCUT2D eigenvalue weighted by Gasteiger charge is 2.39. The van der Waals surface area contributed by atoms with Gasteiger partial charge in [0.2, 0.25) is 10.0 Å². The molecule has 0 spiro atoms. The van der Waals surface area contributed by atoms with Crippen LogP contribution in [0.5, 0.6) is 0 Å². The van der Waals surface area contributed by atoms with Crippen molar-refractivity contribution < 1.29 is 21.6 Å². The third kappa shape index (κ3) is 5.06. The summed E-state index contributed by atoms with van der Waals surface area (Å²) in [7, 11) is -4.26. The van der Waals surface area contributed by atoms with Gasteiger partial charge in [0.1, 0.15) is 0 Å². The second-order valence-corrected chi connectivity index (χ2v) is 8.82. The molecule has 10 heteroatoms. The quantitative estimate of drug-likeness (QED) is 0.736. The number of hydrogen-bond acceptors (Lipinski definition) is 3. The number of hydrogen-bond donors (Lipinski definition) is 1. The van der Waals surface area contributed by atoms with Gasteiger partial charge in [-0.3, -0.25) is 0 Å². The van der Waals surface area contributed by atoms with Gasteiger partial charge in [-0.1, -0.05) is 42.5 Å². The molecule has 1 N–H and O–H groups in total. The lowest BCUT2D eigenvalue weighted by molar-refractivity contribution is -0.139. The summed E-state index contributed by atoms with van der Waals surface area (Å²) in [6, 6.07) is 13.9. The van der Waals surface area contributed by atoms with Crippen LogP contribution in [-0.2, 0) is 22.7 Å². The molecule has 0 radical (unpaired) electrons. The summed E-state index contributed by atoms with van der Waals surface area (Å²) in [5.41, 5.74) is -0.0951. The maximum atomic E-state index is 13.2. The molecule has 1 saturated heterocycles. The zero-order chi connectivity index (χ0) is 21.1. The van der Waals surface area contributed by atoms with E-state index in [0.29, 0.717) is 24.7 Å². The molecule has 5 nitrogen and oxygen atoms in total. The molecule has 1 aliphatic rings. The van der Waals surface area contributed by atoms with Gasteiger partial charge < -0.3 is 10.2 Å². The van der Waals surface area contributed by atoms with Crippen LogP contribution in [0, 0.1) is 0 Å². The van der Waals surface area contributed by atoms with Crippen LogP contribution in [0.2, 0.25) is 0 Å². The molecule has 2 aromatic carbocycles. The first kappa shape index (κ1) is 21.5. The summed E-state index contributed by atoms with van der Waals surface area (Å²) in [4.78, 5) is 1.10. The first-order valence-electron chi connectivity index (χ1n) is 8.92. The van der Waals surface area contributed by atoms with Crippen molar-refractivity contribution in [2.45, 2.75) is 17.6 Å². The lowest BCUT2D eigenvalue weighted by Crippen LogP contribution is -2.53. The molecular weight excluding hydrogens is 423 g/mol. The molecule has 0 bridgehead atoms. The third-order valence-corrected chi connectivity index (χ3v) is 6.98. The fraction of sp³-hybridized carbons (Fsp3) is 0.316. The van der Waals surface area contributed by atoms with Crippen LogP contribution >= 0.6 is 12.2 Å². The van der Waals surface area contributed by atoms with E-state index in [1.54, 1.807) is 0 Å². The number of sulfonamides is 1. The van der Waals surface area contributed by atoms with Crippen molar-refractivity contribution in [3.05, 3.63) is 65.7 Å². The van der Waals surface area contributed by atoms with Crippen molar-refractivity contribution in [2.75, 3.05) is 26.2 Å². The Kier molecular flexibility index (Phi) is 6.45. The van der Waals surface area contributed by atoms with Crippen LogP contribution in [0.15, 0.2) is 59.5 Å². The molecule has 1 aliphatic heterocycles. The summed E-state index contributed by atoms with van der Waals surface area (Å²) in [5.74, 6) is 0. The Bertz CT molecular complexity index is 958. The second kappa shape index (κ2) is 8.68. The Morgan fingerprint density at radius 2 is 1.55 bits per heavy atom. The lowest BCUT2D eigenvalue weighted by atomic mass is 10.2. The van der Waals surface area contributed by atoms with Crippen LogP contribution in [0.4, 0.5) is 13.2 Å². The fourth-order valence-electron chi connectivity index (χ4n) is 3.08. The first-order chi connectivity index (χ1) is 13.7. The van der Waals surface area contributed by atoms with Gasteiger partial charge in [0, 0.05) is 32.7 Å². The molecule has 1 heterocycles. The van der Waals surface area contributed by atoms with Crippen LogP contribution < -0.4 is 5.32 Å². The Hall–Kier alpha value is -2.17. The first-order valence-corrected chi connectivity index (χ1v) is 10.8. The molecule has 0 amide bonds. The molecule has 0 unspecified atom stereocenters. The number of rotatable bonds is 4. The van der Waals surface area contributed by atoms with E-state index >= 15 is 0 Å². The highest BCUT2D eigenvalue weighted by molar-refractivity contribution is 7.89. The van der Waals surface area contributed by atoms with E-state index in [9.17, 15) is 21.6 Å². The summed E-state index contributed by atoms with van der Waals surface area (Å²) in [5, 5.41) is 3.61. The number of alkyl halides is 3. The monoisotopic (exact) mass is 443 g/mol. The minimum Gasteiger partial charge on any atom is -0.358 e. The number of nitrogens with one attached hydrogen (secondary N) is 1. The van der Waals surface area contributed by atoms with Gasteiger partial charge in [0.25, 0.3) is 0 Å². The van der Waals surface area contributed by atoms with E-state index in [1.807, 2.05) is 35.2 Å². The van der Waals surface area contributed by atoms with Gasteiger partial charge in [0.05, 0.1) is 10.5 Å². The standard InChI is InChI=1S/C19H20F3N3O2S2/c20-19(21,22)16-8-4-5-9-17(16)29(26,27)25-12-10-24(11-13-25)18(28)23-14-15-6-2-1-3-7-15/h1-9H,10-14H2,(H,23,28). The minimum absolute atomic E-state index is 0.0572. The molecule has 0 atom stereocenters. The highest BCUT2D eigenvalue weighted by atomic mass is 32.2. The van der Waals surface area contributed by atoms with Gasteiger partial charge in [0.15, 0.2) is 5.11 Å². The van der Waals surface area contributed by atoms with Gasteiger partial charge in [-0.15, -0.1) is 0 Å². The minimum atomic E-state index is -4.74. The normalized spacial score (nSPS) is 15.9. The summed E-state index contributed by atoms with van der Waals surface area (Å²) < 4.78 is 66.3. The molecular formula is C19H20F3N3O2S2. The molecule has 3 rings (SSSR count). The highest BCUT2D eigenvalue weighted by Crippen LogP contribution is 2.35. The van der Waals surface area contributed by atoms with Crippen molar-refractivity contribution in [3.8, 4) is 0 Å². The second-order valence-electron chi connectivity index (χ2n) is 6.53. The van der Waals surface area contributed by atoms with Crippen molar-refractivity contribution in [1.29, 1.82) is 0 Å². The van der Waals surface area contributed by atoms with Gasteiger partial charge in [-0.25, -0.2) is 8.42 Å². The van der Waals surface area contributed by atoms with Crippen molar-refractivity contribution >= 4 is 27.4 Å². The number of thiocarbonyl (C=S) groups is 1. The number of benzene rings is 2. The number of nitrogens with zero attached hydrogens (tertiary/aromatic N) is 2. The van der Waals surface area contributed by atoms with Crippen LogP contribution in [0.3, 0.4) is 0 Å². The van der Waals surface area contributed by atoms with Crippen LogP contribution in [0.1, 0.15) is 11.1 Å². The Morgan fingerprint density at radius 3 is 2.17 bits per heavy atom. The summed E-state index contributed by atoms with van der Waals surface area (Å²) in [6.07, 6.45) is -4.74. The van der Waals surface area contributed by atoms with Gasteiger partial charge in [-0.2, -0.15) is 17.5 Å². The smallest absolute Gasteiger partial charge is 0.358 e. The molecule has 29 heavy (non-hydrogen) atoms. The average Bonchev–Trinajstić information content (AvgIpc) is 2.72. The van der Waals surface area contributed by atoms with Crippen molar-refractivity contribution in [3.63, 3.8) is 0 Å². The maximum absolute atomic E-state index is 13.2. The molecule has 0 aliphatic carbocycles. The van der Waals surface area contributed by atoms with Crippen LogP contribution in [-0.4, -0.2) is 48.9 Å². The lowest BCUT2D eigenvalue weighted by Gasteiger charge is -2.35.